The summed E-state index contributed by atoms with van der Waals surface area (Å²) >= 11 is 0. The Morgan fingerprint density at radius 2 is 1.70 bits per heavy atom. The van der Waals surface area contributed by atoms with Crippen molar-refractivity contribution in [3.8, 4) is 0 Å². The van der Waals surface area contributed by atoms with Gasteiger partial charge in [0.1, 0.15) is 0 Å². The number of aryl methyl sites for hydroxylation is 2. The molecule has 0 radical (unpaired) electrons. The Balaban J connectivity index is 1.26. The Kier molecular flexibility index (Phi) is 5.91. The molecule has 0 N–H and O–H groups in total. The summed E-state index contributed by atoms with van der Waals surface area (Å²) in [6.45, 7) is 5.66. The fourth-order valence-electron chi connectivity index (χ4n) is 4.73. The highest BCUT2D eigenvalue weighted by Gasteiger charge is 2.23. The van der Waals surface area contributed by atoms with Crippen molar-refractivity contribution in [3.05, 3.63) is 27.7 Å². The molecule has 0 unspecified atom stereocenters. The lowest BCUT2D eigenvalue weighted by molar-refractivity contribution is -0.133. The van der Waals surface area contributed by atoms with E-state index in [1.54, 1.807) is 4.68 Å². The van der Waals surface area contributed by atoms with Crippen molar-refractivity contribution in [1.82, 2.24) is 19.6 Å². The summed E-state index contributed by atoms with van der Waals surface area (Å²) in [5.74, 6) is 0.860. The molecule has 27 heavy (non-hydrogen) atoms. The van der Waals surface area contributed by atoms with Gasteiger partial charge in [0, 0.05) is 38.7 Å². The highest BCUT2D eigenvalue weighted by atomic mass is 16.2. The number of nitrogens with zero attached hydrogens (tertiary/aromatic N) is 4. The van der Waals surface area contributed by atoms with Gasteiger partial charge < -0.3 is 9.80 Å². The molecule has 4 rings (SSSR count). The molecule has 1 aliphatic carbocycles. The highest BCUT2D eigenvalue weighted by molar-refractivity contribution is 5.76. The van der Waals surface area contributed by atoms with Crippen LogP contribution < -0.4 is 5.56 Å². The first kappa shape index (κ1) is 18.7. The fourth-order valence-corrected chi connectivity index (χ4v) is 4.73. The van der Waals surface area contributed by atoms with Crippen LogP contribution in [0, 0.1) is 5.92 Å². The van der Waals surface area contributed by atoms with Crippen molar-refractivity contribution in [3.63, 3.8) is 0 Å². The van der Waals surface area contributed by atoms with E-state index in [4.69, 9.17) is 0 Å². The first-order valence-electron chi connectivity index (χ1n) is 10.8. The smallest absolute Gasteiger partial charge is 0.267 e. The third-order valence-corrected chi connectivity index (χ3v) is 6.52. The molecular formula is C21H32N4O2. The molecule has 2 saturated heterocycles. The lowest BCUT2D eigenvalue weighted by atomic mass is 9.96. The van der Waals surface area contributed by atoms with Gasteiger partial charge in [-0.25, -0.2) is 4.68 Å². The summed E-state index contributed by atoms with van der Waals surface area (Å²) in [5.41, 5.74) is 2.38. The largest absolute Gasteiger partial charge is 0.341 e. The van der Waals surface area contributed by atoms with E-state index in [1.807, 2.05) is 11.0 Å². The van der Waals surface area contributed by atoms with Crippen molar-refractivity contribution >= 4 is 5.91 Å². The second-order valence-corrected chi connectivity index (χ2v) is 8.47. The third kappa shape index (κ3) is 4.60. The van der Waals surface area contributed by atoms with Gasteiger partial charge in [0.25, 0.3) is 5.56 Å². The SMILES string of the molecule is O=C1CCCCN1CCN1CCC(Cn2nc3c(cc2=O)CCCC3)CC1. The van der Waals surface area contributed by atoms with Crippen molar-refractivity contribution in [2.45, 2.75) is 64.3 Å². The van der Waals surface area contributed by atoms with E-state index in [-0.39, 0.29) is 5.56 Å². The average molecular weight is 373 g/mol. The molecule has 6 nitrogen and oxygen atoms in total. The van der Waals surface area contributed by atoms with Crippen LogP contribution >= 0.6 is 0 Å². The van der Waals surface area contributed by atoms with Gasteiger partial charge in [-0.1, -0.05) is 0 Å². The summed E-state index contributed by atoms with van der Waals surface area (Å²) in [6, 6.07) is 1.83. The molecule has 6 heteroatoms. The van der Waals surface area contributed by atoms with Gasteiger partial charge >= 0.3 is 0 Å². The fraction of sp³-hybridized carbons (Fsp3) is 0.762. The first-order valence-corrected chi connectivity index (χ1v) is 10.8. The summed E-state index contributed by atoms with van der Waals surface area (Å²) in [7, 11) is 0. The zero-order valence-electron chi connectivity index (χ0n) is 16.4. The number of carbonyl (C=O) groups excluding carboxylic acids is 1. The second kappa shape index (κ2) is 8.55. The summed E-state index contributed by atoms with van der Waals surface area (Å²) in [6.07, 6.45) is 9.55. The van der Waals surface area contributed by atoms with E-state index in [0.29, 0.717) is 11.8 Å². The molecule has 0 spiro atoms. The predicted octanol–water partition coefficient (Wildman–Crippen LogP) is 1.85. The van der Waals surface area contributed by atoms with Crippen LogP contribution in [0.1, 0.15) is 56.2 Å². The molecule has 0 atom stereocenters. The van der Waals surface area contributed by atoms with E-state index >= 15 is 0 Å². The highest BCUT2D eigenvalue weighted by Crippen LogP contribution is 2.20. The number of hydrogen-bond donors (Lipinski definition) is 0. The molecule has 148 valence electrons. The van der Waals surface area contributed by atoms with E-state index < -0.39 is 0 Å². The number of fused-ring (bicyclic) bond motifs is 1. The monoisotopic (exact) mass is 372 g/mol. The molecule has 1 aromatic heterocycles. The van der Waals surface area contributed by atoms with Crippen molar-refractivity contribution < 1.29 is 4.79 Å². The van der Waals surface area contributed by atoms with Crippen molar-refractivity contribution in [1.29, 1.82) is 0 Å². The number of amides is 1. The minimum atomic E-state index is 0.0710. The van der Waals surface area contributed by atoms with E-state index in [0.717, 1.165) is 89.9 Å². The Morgan fingerprint density at radius 3 is 2.52 bits per heavy atom. The molecule has 0 bridgehead atoms. The lowest BCUT2D eigenvalue weighted by Crippen LogP contribution is -2.44. The number of piperidine rings is 2. The quantitative estimate of drug-likeness (QED) is 0.791. The minimum absolute atomic E-state index is 0.0710. The summed E-state index contributed by atoms with van der Waals surface area (Å²) in [4.78, 5) is 28.8. The van der Waals surface area contributed by atoms with Crippen LogP contribution in [0.15, 0.2) is 10.9 Å². The van der Waals surface area contributed by atoms with Crippen LogP contribution in [-0.2, 0) is 24.2 Å². The van der Waals surface area contributed by atoms with Gasteiger partial charge in [-0.2, -0.15) is 5.10 Å². The maximum atomic E-state index is 12.4. The molecule has 0 saturated carbocycles. The normalized spacial score (nSPS) is 22.1. The first-order chi connectivity index (χ1) is 13.2. The van der Waals surface area contributed by atoms with Crippen molar-refractivity contribution in [2.24, 2.45) is 5.92 Å². The van der Waals surface area contributed by atoms with Gasteiger partial charge in [0.15, 0.2) is 0 Å². The number of rotatable bonds is 5. The molecule has 1 amide bonds. The molecule has 3 heterocycles. The maximum Gasteiger partial charge on any atom is 0.267 e. The van der Waals surface area contributed by atoms with Crippen molar-refractivity contribution in [2.75, 3.05) is 32.7 Å². The number of carbonyl (C=O) groups is 1. The Labute approximate surface area is 161 Å². The molecular weight excluding hydrogens is 340 g/mol. The van der Waals surface area contributed by atoms with Gasteiger partial charge in [0.2, 0.25) is 5.91 Å². The average Bonchev–Trinajstić information content (AvgIpc) is 2.69. The Bertz CT molecular complexity index is 721. The molecule has 0 aromatic carbocycles. The van der Waals surface area contributed by atoms with E-state index in [1.165, 1.54) is 18.4 Å². The topological polar surface area (TPSA) is 58.4 Å². The number of hydrogen-bond acceptors (Lipinski definition) is 4. The van der Waals surface area contributed by atoms with Crippen LogP contribution in [0.4, 0.5) is 0 Å². The molecule has 2 fully saturated rings. The predicted molar refractivity (Wildman–Crippen MR) is 105 cm³/mol. The number of aromatic nitrogens is 2. The minimum Gasteiger partial charge on any atom is -0.341 e. The van der Waals surface area contributed by atoms with Crippen LogP contribution in [0.3, 0.4) is 0 Å². The molecule has 3 aliphatic rings. The zero-order valence-corrected chi connectivity index (χ0v) is 16.4. The number of likely N-dealkylation sites (tertiary alicyclic amines) is 2. The van der Waals surface area contributed by atoms with Gasteiger partial charge in [-0.15, -0.1) is 0 Å². The van der Waals surface area contributed by atoms with Crippen LogP contribution in [0.2, 0.25) is 0 Å². The maximum absolute atomic E-state index is 12.4. The van der Waals surface area contributed by atoms with Gasteiger partial charge in [-0.3, -0.25) is 9.59 Å². The van der Waals surface area contributed by atoms with Crippen LogP contribution in [0.5, 0.6) is 0 Å². The Hall–Kier alpha value is -1.69. The van der Waals surface area contributed by atoms with E-state index in [9.17, 15) is 9.59 Å². The lowest BCUT2D eigenvalue weighted by Gasteiger charge is -2.34. The van der Waals surface area contributed by atoms with Gasteiger partial charge in [-0.05, 0) is 75.9 Å². The Morgan fingerprint density at radius 1 is 0.926 bits per heavy atom. The van der Waals surface area contributed by atoms with Crippen LogP contribution in [0.25, 0.3) is 0 Å². The van der Waals surface area contributed by atoms with Crippen LogP contribution in [-0.4, -0.2) is 58.2 Å². The zero-order chi connectivity index (χ0) is 18.6. The summed E-state index contributed by atoms with van der Waals surface area (Å²) in [5, 5.41) is 4.68. The molecule has 2 aliphatic heterocycles. The standard InChI is InChI=1S/C21H32N4O2/c26-20-7-3-4-10-24(20)14-13-23-11-8-17(9-12-23)16-25-21(27)15-18-5-1-2-6-19(18)22-25/h15,17H,1-14,16H2. The van der Waals surface area contributed by atoms with Gasteiger partial charge in [0.05, 0.1) is 5.69 Å². The third-order valence-electron chi connectivity index (χ3n) is 6.52. The van der Waals surface area contributed by atoms with E-state index in [2.05, 4.69) is 10.00 Å². The summed E-state index contributed by atoms with van der Waals surface area (Å²) < 4.78 is 1.72. The molecule has 1 aromatic rings. The second-order valence-electron chi connectivity index (χ2n) is 8.47.